The Bertz CT molecular complexity index is 427. The molecule has 0 aliphatic carbocycles. The summed E-state index contributed by atoms with van der Waals surface area (Å²) in [5.74, 6) is -0.153. The molecule has 15 heavy (non-hydrogen) atoms. The molecular formula is C11H14N2O2. The van der Waals surface area contributed by atoms with Gasteiger partial charge in [-0.1, -0.05) is 0 Å². The largest absolute Gasteiger partial charge is 0.375 e. The van der Waals surface area contributed by atoms with Gasteiger partial charge in [0.25, 0.3) is 0 Å². The lowest BCUT2D eigenvalue weighted by atomic mass is 10.4. The summed E-state index contributed by atoms with van der Waals surface area (Å²) in [6, 6.07) is 6.43. The SMILES string of the molecule is CC(=O)Nc1ccc(N(C)C)c(=O)cc1. The van der Waals surface area contributed by atoms with E-state index in [1.807, 2.05) is 0 Å². The van der Waals surface area contributed by atoms with Crippen molar-refractivity contribution in [3.8, 4) is 0 Å². The topological polar surface area (TPSA) is 49.4 Å². The molecule has 0 aliphatic heterocycles. The van der Waals surface area contributed by atoms with Crippen LogP contribution in [-0.4, -0.2) is 20.0 Å². The van der Waals surface area contributed by atoms with Gasteiger partial charge in [-0.2, -0.15) is 0 Å². The lowest BCUT2D eigenvalue weighted by Crippen LogP contribution is -2.16. The van der Waals surface area contributed by atoms with Crippen molar-refractivity contribution >= 4 is 17.3 Å². The van der Waals surface area contributed by atoms with E-state index < -0.39 is 0 Å². The van der Waals surface area contributed by atoms with Crippen LogP contribution in [0.3, 0.4) is 0 Å². The van der Waals surface area contributed by atoms with E-state index in [1.165, 1.54) is 13.0 Å². The maximum absolute atomic E-state index is 11.5. The molecule has 0 spiro atoms. The van der Waals surface area contributed by atoms with Gasteiger partial charge in [0, 0.05) is 26.7 Å². The van der Waals surface area contributed by atoms with Crippen molar-refractivity contribution in [2.45, 2.75) is 6.92 Å². The van der Waals surface area contributed by atoms with Crippen molar-refractivity contribution in [2.75, 3.05) is 24.3 Å². The van der Waals surface area contributed by atoms with Gasteiger partial charge in [-0.3, -0.25) is 9.59 Å². The van der Waals surface area contributed by atoms with Crippen molar-refractivity contribution in [3.63, 3.8) is 0 Å². The standard InChI is InChI=1S/C11H14N2O2/c1-8(14)12-9-4-6-10(13(2)3)11(15)7-5-9/h4-7H,1-3H3,(H,12,14). The smallest absolute Gasteiger partial charge is 0.221 e. The summed E-state index contributed by atoms with van der Waals surface area (Å²) >= 11 is 0. The number of amides is 1. The van der Waals surface area contributed by atoms with E-state index in [9.17, 15) is 9.59 Å². The Balaban J connectivity index is 3.15. The minimum atomic E-state index is -0.153. The van der Waals surface area contributed by atoms with E-state index in [-0.39, 0.29) is 11.3 Å². The first kappa shape index (κ1) is 11.2. The van der Waals surface area contributed by atoms with Crippen LogP contribution < -0.4 is 15.6 Å². The summed E-state index contributed by atoms with van der Waals surface area (Å²) in [6.45, 7) is 1.43. The average Bonchev–Trinajstić information content (AvgIpc) is 2.28. The van der Waals surface area contributed by atoms with Crippen LogP contribution in [0, 0.1) is 0 Å². The maximum atomic E-state index is 11.5. The first-order valence-corrected chi connectivity index (χ1v) is 4.60. The molecule has 4 nitrogen and oxygen atoms in total. The van der Waals surface area contributed by atoms with E-state index in [0.717, 1.165) is 0 Å². The van der Waals surface area contributed by atoms with Gasteiger partial charge in [-0.05, 0) is 24.3 Å². The predicted octanol–water partition coefficient (Wildman–Crippen LogP) is 1.07. The molecule has 0 saturated carbocycles. The van der Waals surface area contributed by atoms with Gasteiger partial charge < -0.3 is 10.2 Å². The highest BCUT2D eigenvalue weighted by Crippen LogP contribution is 2.08. The second-order valence-corrected chi connectivity index (χ2v) is 3.45. The Labute approximate surface area is 88.5 Å². The molecule has 0 bridgehead atoms. The van der Waals surface area contributed by atoms with Crippen molar-refractivity contribution in [1.29, 1.82) is 0 Å². The molecule has 1 aromatic carbocycles. The van der Waals surface area contributed by atoms with Crippen LogP contribution in [0.5, 0.6) is 0 Å². The number of carbonyl (C=O) groups is 1. The number of nitrogens with zero attached hydrogens (tertiary/aromatic N) is 1. The number of anilines is 2. The Hall–Kier alpha value is -1.84. The predicted molar refractivity (Wildman–Crippen MR) is 61.3 cm³/mol. The molecule has 80 valence electrons. The van der Waals surface area contributed by atoms with Gasteiger partial charge >= 0.3 is 0 Å². The van der Waals surface area contributed by atoms with Crippen LogP contribution in [-0.2, 0) is 4.79 Å². The Morgan fingerprint density at radius 2 is 1.80 bits per heavy atom. The Morgan fingerprint density at radius 3 is 2.33 bits per heavy atom. The van der Waals surface area contributed by atoms with Crippen LogP contribution >= 0.6 is 0 Å². The van der Waals surface area contributed by atoms with Crippen LogP contribution in [0.1, 0.15) is 6.92 Å². The molecule has 0 aromatic heterocycles. The molecular weight excluding hydrogens is 192 g/mol. The third-order valence-corrected chi connectivity index (χ3v) is 1.89. The average molecular weight is 206 g/mol. The van der Waals surface area contributed by atoms with Crippen molar-refractivity contribution in [3.05, 3.63) is 34.5 Å². The summed E-state index contributed by atoms with van der Waals surface area (Å²) in [7, 11) is 3.60. The van der Waals surface area contributed by atoms with Gasteiger partial charge in [0.2, 0.25) is 11.3 Å². The van der Waals surface area contributed by atoms with Crippen LogP contribution in [0.15, 0.2) is 29.1 Å². The number of rotatable bonds is 2. The molecule has 0 radical (unpaired) electrons. The molecule has 4 heteroatoms. The fourth-order valence-electron chi connectivity index (χ4n) is 1.21. The van der Waals surface area contributed by atoms with Crippen LogP contribution in [0.4, 0.5) is 11.4 Å². The zero-order valence-corrected chi connectivity index (χ0v) is 9.07. The van der Waals surface area contributed by atoms with Crippen LogP contribution in [0.25, 0.3) is 0 Å². The minimum Gasteiger partial charge on any atom is -0.375 e. The number of carbonyl (C=O) groups excluding carboxylic acids is 1. The van der Waals surface area contributed by atoms with Crippen molar-refractivity contribution in [1.82, 2.24) is 0 Å². The lowest BCUT2D eigenvalue weighted by molar-refractivity contribution is -0.114. The monoisotopic (exact) mass is 206 g/mol. The zero-order chi connectivity index (χ0) is 11.4. The minimum absolute atomic E-state index is 0.0726. The molecule has 1 N–H and O–H groups in total. The van der Waals surface area contributed by atoms with Gasteiger partial charge in [-0.15, -0.1) is 0 Å². The highest BCUT2D eigenvalue weighted by Gasteiger charge is 1.99. The molecule has 1 aromatic rings. The number of nitrogens with one attached hydrogen (secondary N) is 1. The van der Waals surface area contributed by atoms with Gasteiger partial charge in [-0.25, -0.2) is 0 Å². The summed E-state index contributed by atoms with van der Waals surface area (Å²) in [5, 5.41) is 2.62. The summed E-state index contributed by atoms with van der Waals surface area (Å²) < 4.78 is 0. The summed E-state index contributed by atoms with van der Waals surface area (Å²) in [5.41, 5.74) is 1.14. The first-order valence-electron chi connectivity index (χ1n) is 4.60. The van der Waals surface area contributed by atoms with E-state index in [4.69, 9.17) is 0 Å². The van der Waals surface area contributed by atoms with Gasteiger partial charge in [0.15, 0.2) is 0 Å². The highest BCUT2D eigenvalue weighted by molar-refractivity contribution is 5.88. The normalized spacial score (nSPS) is 9.53. The van der Waals surface area contributed by atoms with E-state index in [2.05, 4.69) is 5.32 Å². The fourth-order valence-corrected chi connectivity index (χ4v) is 1.21. The first-order chi connectivity index (χ1) is 7.00. The third kappa shape index (κ3) is 3.09. The Morgan fingerprint density at radius 1 is 1.20 bits per heavy atom. The van der Waals surface area contributed by atoms with Crippen molar-refractivity contribution < 1.29 is 4.79 Å². The maximum Gasteiger partial charge on any atom is 0.221 e. The molecule has 0 aliphatic rings. The molecule has 0 heterocycles. The fraction of sp³-hybridized carbons (Fsp3) is 0.273. The second-order valence-electron chi connectivity index (χ2n) is 3.45. The molecule has 1 amide bonds. The third-order valence-electron chi connectivity index (χ3n) is 1.89. The number of hydrogen-bond donors (Lipinski definition) is 1. The molecule has 0 saturated heterocycles. The second kappa shape index (κ2) is 4.59. The van der Waals surface area contributed by atoms with E-state index in [0.29, 0.717) is 11.4 Å². The molecule has 0 atom stereocenters. The van der Waals surface area contributed by atoms with Gasteiger partial charge in [0.1, 0.15) is 0 Å². The van der Waals surface area contributed by atoms with Crippen LogP contribution in [0.2, 0.25) is 0 Å². The number of hydrogen-bond acceptors (Lipinski definition) is 3. The molecule has 1 rings (SSSR count). The lowest BCUT2D eigenvalue weighted by Gasteiger charge is -2.08. The van der Waals surface area contributed by atoms with E-state index >= 15 is 0 Å². The van der Waals surface area contributed by atoms with E-state index in [1.54, 1.807) is 37.2 Å². The molecule has 0 fully saturated rings. The zero-order valence-electron chi connectivity index (χ0n) is 9.07. The summed E-state index contributed by atoms with van der Waals surface area (Å²) in [4.78, 5) is 24.1. The van der Waals surface area contributed by atoms with Crippen molar-refractivity contribution in [2.24, 2.45) is 0 Å². The summed E-state index contributed by atoms with van der Waals surface area (Å²) in [6.07, 6.45) is 0. The molecule has 0 unspecified atom stereocenters. The quantitative estimate of drug-likeness (QED) is 0.787. The van der Waals surface area contributed by atoms with Gasteiger partial charge in [0.05, 0.1) is 5.69 Å². The highest BCUT2D eigenvalue weighted by atomic mass is 16.1. The Kier molecular flexibility index (Phi) is 3.44.